The summed E-state index contributed by atoms with van der Waals surface area (Å²) in [6, 6.07) is 6.98. The number of sulfonamides is 1. The Balaban J connectivity index is 1.88. The molecule has 1 saturated heterocycles. The molecule has 2 rings (SSSR count). The Morgan fingerprint density at radius 3 is 1.68 bits per heavy atom. The van der Waals surface area contributed by atoms with E-state index in [0.717, 1.165) is 57.9 Å². The van der Waals surface area contributed by atoms with Crippen molar-refractivity contribution < 1.29 is 8.42 Å². The van der Waals surface area contributed by atoms with Gasteiger partial charge in [0.1, 0.15) is 0 Å². The van der Waals surface area contributed by atoms with Gasteiger partial charge in [-0.2, -0.15) is 0 Å². The van der Waals surface area contributed by atoms with Gasteiger partial charge in [-0.1, -0.05) is 17.7 Å². The van der Waals surface area contributed by atoms with Crippen LogP contribution in [0.5, 0.6) is 0 Å². The second kappa shape index (κ2) is 11.2. The first-order valence-corrected chi connectivity index (χ1v) is 11.6. The number of nitrogens with zero attached hydrogens (tertiary/aromatic N) is 4. The van der Waals surface area contributed by atoms with Gasteiger partial charge < -0.3 is 14.7 Å². The van der Waals surface area contributed by atoms with Crippen LogP contribution in [-0.4, -0.2) is 115 Å². The molecule has 0 unspecified atom stereocenters. The van der Waals surface area contributed by atoms with Crippen molar-refractivity contribution >= 4 is 10.0 Å². The van der Waals surface area contributed by atoms with Crippen molar-refractivity contribution in [2.75, 3.05) is 86.6 Å². The van der Waals surface area contributed by atoms with Crippen molar-refractivity contribution in [1.29, 1.82) is 0 Å². The number of benzene rings is 1. The van der Waals surface area contributed by atoms with Crippen LogP contribution in [0.1, 0.15) is 5.56 Å². The average molecular weight is 412 g/mol. The molecule has 0 radical (unpaired) electrons. The smallest absolute Gasteiger partial charge is 0.240 e. The molecule has 1 heterocycles. The third-order valence-corrected chi connectivity index (χ3v) is 6.85. The van der Waals surface area contributed by atoms with Crippen molar-refractivity contribution in [2.45, 2.75) is 11.8 Å². The number of hydrogen-bond acceptors (Lipinski definition) is 6. The fourth-order valence-corrected chi connectivity index (χ4v) is 4.14. The highest BCUT2D eigenvalue weighted by Gasteiger charge is 2.15. The number of likely N-dealkylation sites (N-methyl/N-ethyl adjacent to an activating group) is 3. The first-order chi connectivity index (χ1) is 13.3. The van der Waals surface area contributed by atoms with Gasteiger partial charge in [0.15, 0.2) is 0 Å². The average Bonchev–Trinajstić information content (AvgIpc) is 2.65. The number of aryl methyl sites for hydroxylation is 1. The maximum Gasteiger partial charge on any atom is 0.240 e. The molecule has 1 fully saturated rings. The molecule has 0 atom stereocenters. The van der Waals surface area contributed by atoms with E-state index in [2.05, 4.69) is 45.5 Å². The number of nitrogens with one attached hydrogen (secondary N) is 1. The van der Waals surface area contributed by atoms with Gasteiger partial charge in [-0.05, 0) is 40.2 Å². The topological polar surface area (TPSA) is 59.1 Å². The van der Waals surface area contributed by atoms with E-state index < -0.39 is 10.0 Å². The standard InChI is InChI=1S/C20H37N5O2S/c1-19-5-7-20(8-6-19)28(26,27)21-9-10-25-17-15-23(3)13-11-22(2)12-14-24(4)16-18-25/h5-8,21H,9-18H2,1-4H3. The lowest BCUT2D eigenvalue weighted by molar-refractivity contribution is 0.167. The molecule has 8 heteroatoms. The third kappa shape index (κ3) is 8.14. The minimum absolute atomic E-state index is 0.329. The fraction of sp³-hybridized carbons (Fsp3) is 0.700. The molecule has 0 aliphatic carbocycles. The first-order valence-electron chi connectivity index (χ1n) is 10.1. The monoisotopic (exact) mass is 411 g/mol. The molecule has 1 N–H and O–H groups in total. The molecular weight excluding hydrogens is 374 g/mol. The predicted octanol–water partition coefficient (Wildman–Crippen LogP) is 0.384. The van der Waals surface area contributed by atoms with Crippen LogP contribution in [0, 0.1) is 6.92 Å². The second-order valence-corrected chi connectivity index (χ2v) is 9.73. The van der Waals surface area contributed by atoms with Crippen LogP contribution in [0.2, 0.25) is 0 Å². The molecular formula is C20H37N5O2S. The van der Waals surface area contributed by atoms with Crippen LogP contribution in [0.15, 0.2) is 29.2 Å². The summed E-state index contributed by atoms with van der Waals surface area (Å²) in [6.45, 7) is 11.2. The van der Waals surface area contributed by atoms with Crippen molar-refractivity contribution in [3.63, 3.8) is 0 Å². The van der Waals surface area contributed by atoms with Gasteiger partial charge in [-0.15, -0.1) is 0 Å². The molecule has 0 bridgehead atoms. The summed E-state index contributed by atoms with van der Waals surface area (Å²) < 4.78 is 27.7. The summed E-state index contributed by atoms with van der Waals surface area (Å²) >= 11 is 0. The normalized spacial score (nSPS) is 20.6. The highest BCUT2D eigenvalue weighted by Crippen LogP contribution is 2.09. The van der Waals surface area contributed by atoms with Crippen molar-refractivity contribution in [2.24, 2.45) is 0 Å². The molecule has 28 heavy (non-hydrogen) atoms. The highest BCUT2D eigenvalue weighted by molar-refractivity contribution is 7.89. The van der Waals surface area contributed by atoms with Gasteiger partial charge in [0.05, 0.1) is 4.90 Å². The van der Waals surface area contributed by atoms with Gasteiger partial charge in [0.2, 0.25) is 10.0 Å². The largest absolute Gasteiger partial charge is 0.304 e. The van der Waals surface area contributed by atoms with Crippen molar-refractivity contribution in [3.05, 3.63) is 29.8 Å². The van der Waals surface area contributed by atoms with Crippen LogP contribution in [0.25, 0.3) is 0 Å². The van der Waals surface area contributed by atoms with Crippen LogP contribution in [0.3, 0.4) is 0 Å². The van der Waals surface area contributed by atoms with Crippen LogP contribution >= 0.6 is 0 Å². The molecule has 0 aromatic heterocycles. The zero-order chi connectivity index (χ0) is 20.6. The molecule has 7 nitrogen and oxygen atoms in total. The summed E-state index contributed by atoms with van der Waals surface area (Å²) in [5.41, 5.74) is 1.05. The molecule has 0 saturated carbocycles. The number of rotatable bonds is 5. The Labute approximate surface area is 171 Å². The fourth-order valence-electron chi connectivity index (χ4n) is 3.12. The predicted molar refractivity (Wildman–Crippen MR) is 115 cm³/mol. The Morgan fingerprint density at radius 2 is 1.21 bits per heavy atom. The summed E-state index contributed by atoms with van der Waals surface area (Å²) in [7, 11) is 3.05. The van der Waals surface area contributed by atoms with Gasteiger partial charge in [-0.3, -0.25) is 4.90 Å². The number of hydrogen-bond donors (Lipinski definition) is 1. The molecule has 0 spiro atoms. The zero-order valence-corrected chi connectivity index (χ0v) is 18.7. The van der Waals surface area contributed by atoms with Gasteiger partial charge >= 0.3 is 0 Å². The van der Waals surface area contributed by atoms with E-state index >= 15 is 0 Å². The minimum Gasteiger partial charge on any atom is -0.304 e. The maximum atomic E-state index is 12.5. The van der Waals surface area contributed by atoms with E-state index in [0.29, 0.717) is 18.0 Å². The maximum absolute atomic E-state index is 12.5. The minimum atomic E-state index is -3.45. The van der Waals surface area contributed by atoms with Crippen LogP contribution in [0.4, 0.5) is 0 Å². The van der Waals surface area contributed by atoms with Gasteiger partial charge in [-0.25, -0.2) is 13.1 Å². The van der Waals surface area contributed by atoms with E-state index in [1.807, 2.05) is 19.1 Å². The van der Waals surface area contributed by atoms with Crippen LogP contribution < -0.4 is 4.72 Å². The van der Waals surface area contributed by atoms with E-state index in [1.165, 1.54) is 0 Å². The molecule has 160 valence electrons. The Kier molecular flexibility index (Phi) is 9.33. The molecule has 1 aromatic rings. The van der Waals surface area contributed by atoms with E-state index in [1.54, 1.807) is 12.1 Å². The Bertz CT molecular complexity index is 662. The molecule has 1 aliphatic heterocycles. The summed E-state index contributed by atoms with van der Waals surface area (Å²) in [5.74, 6) is 0. The molecule has 1 aliphatic rings. The summed E-state index contributed by atoms with van der Waals surface area (Å²) in [6.07, 6.45) is 0. The lowest BCUT2D eigenvalue weighted by Crippen LogP contribution is -2.45. The Morgan fingerprint density at radius 1 is 0.786 bits per heavy atom. The zero-order valence-electron chi connectivity index (χ0n) is 17.9. The van der Waals surface area contributed by atoms with Crippen LogP contribution in [-0.2, 0) is 10.0 Å². The van der Waals surface area contributed by atoms with Gasteiger partial charge in [0.25, 0.3) is 0 Å². The quantitative estimate of drug-likeness (QED) is 0.756. The third-order valence-electron chi connectivity index (χ3n) is 5.37. The highest BCUT2D eigenvalue weighted by atomic mass is 32.2. The molecule has 0 amide bonds. The Hall–Kier alpha value is -1.03. The van der Waals surface area contributed by atoms with E-state index in [-0.39, 0.29) is 0 Å². The lowest BCUT2D eigenvalue weighted by atomic mass is 10.2. The summed E-state index contributed by atoms with van der Waals surface area (Å²) in [4.78, 5) is 9.77. The second-order valence-electron chi connectivity index (χ2n) is 7.96. The van der Waals surface area contributed by atoms with E-state index in [4.69, 9.17) is 0 Å². The van der Waals surface area contributed by atoms with Crippen molar-refractivity contribution in [1.82, 2.24) is 24.3 Å². The first kappa shape index (κ1) is 23.3. The molecule has 1 aromatic carbocycles. The summed E-state index contributed by atoms with van der Waals surface area (Å²) in [5, 5.41) is 0. The lowest BCUT2D eigenvalue weighted by Gasteiger charge is -2.30. The van der Waals surface area contributed by atoms with E-state index in [9.17, 15) is 8.42 Å². The SMILES string of the molecule is Cc1ccc(S(=O)(=O)NCCN2CCN(C)CCN(C)CCN(C)CC2)cc1. The van der Waals surface area contributed by atoms with Crippen molar-refractivity contribution in [3.8, 4) is 0 Å². The van der Waals surface area contributed by atoms with Gasteiger partial charge in [0, 0.05) is 65.4 Å².